The van der Waals surface area contributed by atoms with Crippen molar-refractivity contribution in [1.82, 2.24) is 9.97 Å². The van der Waals surface area contributed by atoms with Gasteiger partial charge in [0, 0.05) is 40.0 Å². The minimum atomic E-state index is -3.92. The smallest absolute Gasteiger partial charge is 0.354 e. The van der Waals surface area contributed by atoms with E-state index >= 15 is 0 Å². The second-order valence-electron chi connectivity index (χ2n) is 7.45. The number of anilines is 1. The number of carboxylic acid groups (broad SMARTS) is 1. The Bertz CT molecular complexity index is 1550. The third-order valence-electron chi connectivity index (χ3n) is 4.86. The number of fused-ring (bicyclic) bond motifs is 1. The van der Waals surface area contributed by atoms with Crippen LogP contribution >= 0.6 is 0 Å². The van der Waals surface area contributed by atoms with E-state index in [9.17, 15) is 13.2 Å². The fourth-order valence-corrected chi connectivity index (χ4v) is 4.69. The molecule has 0 aliphatic heterocycles. The van der Waals surface area contributed by atoms with Crippen molar-refractivity contribution in [2.24, 2.45) is 0 Å². The number of rotatable bonds is 4. The van der Waals surface area contributed by atoms with Gasteiger partial charge in [0.2, 0.25) is 0 Å². The zero-order valence-electron chi connectivity index (χ0n) is 17.8. The van der Waals surface area contributed by atoms with Gasteiger partial charge in [-0.2, -0.15) is 0 Å². The second kappa shape index (κ2) is 8.73. The van der Waals surface area contributed by atoms with Gasteiger partial charge in [-0.3, -0.25) is 9.71 Å². The molecule has 2 aromatic heterocycles. The molecule has 7 nitrogen and oxygen atoms in total. The van der Waals surface area contributed by atoms with Gasteiger partial charge in [0.15, 0.2) is 0 Å². The average Bonchev–Trinajstić information content (AvgIpc) is 2.78. The van der Waals surface area contributed by atoms with Crippen LogP contribution in [0.15, 0.2) is 71.9 Å². The molecule has 0 aliphatic carbocycles. The summed E-state index contributed by atoms with van der Waals surface area (Å²) in [6.07, 6.45) is 3.03. The van der Waals surface area contributed by atoms with Crippen LogP contribution in [-0.2, 0) is 10.0 Å². The van der Waals surface area contributed by atoms with E-state index in [1.165, 1.54) is 12.3 Å². The Morgan fingerprint density at radius 3 is 2.48 bits per heavy atom. The highest BCUT2D eigenvalue weighted by Crippen LogP contribution is 2.28. The van der Waals surface area contributed by atoms with Crippen LogP contribution in [0.1, 0.15) is 32.9 Å². The number of carboxylic acids is 1. The fraction of sp³-hybridized carbons (Fsp3) is 0.0800. The Balaban J connectivity index is 1.71. The van der Waals surface area contributed by atoms with E-state index in [4.69, 9.17) is 5.11 Å². The summed E-state index contributed by atoms with van der Waals surface area (Å²) in [5.74, 6) is 4.70. The number of aromatic nitrogens is 2. The monoisotopic (exact) mass is 457 g/mol. The number of hydrogen-bond acceptors (Lipinski definition) is 5. The highest BCUT2D eigenvalue weighted by molar-refractivity contribution is 7.93. The highest BCUT2D eigenvalue weighted by Gasteiger charge is 2.20. The SMILES string of the molecule is Cc1cc(S(=O)(=O)Nc2ccccc2C#Cc2ccc(C(=O)O)nc2)c2cc(C)ncc2c1. The zero-order valence-corrected chi connectivity index (χ0v) is 18.6. The first-order valence-electron chi connectivity index (χ1n) is 9.93. The Morgan fingerprint density at radius 2 is 1.76 bits per heavy atom. The van der Waals surface area contributed by atoms with Gasteiger partial charge in [-0.1, -0.05) is 24.0 Å². The summed E-state index contributed by atoms with van der Waals surface area (Å²) in [4.78, 5) is 19.2. The third kappa shape index (κ3) is 4.84. The average molecular weight is 458 g/mol. The molecule has 0 fully saturated rings. The second-order valence-corrected chi connectivity index (χ2v) is 9.10. The van der Waals surface area contributed by atoms with Gasteiger partial charge in [0.25, 0.3) is 10.0 Å². The summed E-state index contributed by atoms with van der Waals surface area (Å²) in [7, 11) is -3.92. The van der Waals surface area contributed by atoms with Gasteiger partial charge in [-0.15, -0.1) is 0 Å². The molecule has 0 saturated heterocycles. The molecule has 2 N–H and O–H groups in total. The molecule has 0 aliphatic rings. The maximum absolute atomic E-state index is 13.4. The first kappa shape index (κ1) is 22.0. The van der Waals surface area contributed by atoms with E-state index in [0.29, 0.717) is 22.2 Å². The lowest BCUT2D eigenvalue weighted by atomic mass is 10.1. The van der Waals surface area contributed by atoms with Gasteiger partial charge in [0.05, 0.1) is 10.6 Å². The van der Waals surface area contributed by atoms with Crippen LogP contribution in [0.5, 0.6) is 0 Å². The Hall–Kier alpha value is -4.22. The van der Waals surface area contributed by atoms with E-state index in [2.05, 4.69) is 26.5 Å². The van der Waals surface area contributed by atoms with Crippen molar-refractivity contribution in [3.63, 3.8) is 0 Å². The largest absolute Gasteiger partial charge is 0.477 e. The molecule has 4 aromatic rings. The molecule has 164 valence electrons. The van der Waals surface area contributed by atoms with E-state index in [-0.39, 0.29) is 10.6 Å². The van der Waals surface area contributed by atoms with E-state index < -0.39 is 16.0 Å². The number of hydrogen-bond donors (Lipinski definition) is 2. The molecular weight excluding hydrogens is 438 g/mol. The summed E-state index contributed by atoms with van der Waals surface area (Å²) in [5.41, 5.74) is 2.75. The molecule has 0 spiro atoms. The lowest BCUT2D eigenvalue weighted by Crippen LogP contribution is -2.14. The molecule has 0 saturated carbocycles. The van der Waals surface area contributed by atoms with Crippen LogP contribution in [0.25, 0.3) is 10.8 Å². The predicted octanol–water partition coefficient (Wildman–Crippen LogP) is 4.15. The summed E-state index contributed by atoms with van der Waals surface area (Å²) in [6, 6.07) is 15.0. The molecule has 0 unspecified atom stereocenters. The summed E-state index contributed by atoms with van der Waals surface area (Å²) < 4.78 is 29.4. The van der Waals surface area contributed by atoms with E-state index in [0.717, 1.165) is 16.6 Å². The van der Waals surface area contributed by atoms with Crippen molar-refractivity contribution < 1.29 is 18.3 Å². The van der Waals surface area contributed by atoms with Crippen LogP contribution in [-0.4, -0.2) is 29.5 Å². The van der Waals surface area contributed by atoms with Crippen LogP contribution in [0.4, 0.5) is 5.69 Å². The molecule has 2 heterocycles. The summed E-state index contributed by atoms with van der Waals surface area (Å²) in [6.45, 7) is 3.65. The van der Waals surface area contributed by atoms with Gasteiger partial charge in [-0.05, 0) is 61.9 Å². The molecule has 33 heavy (non-hydrogen) atoms. The number of nitrogens with zero attached hydrogens (tertiary/aromatic N) is 2. The molecule has 0 amide bonds. The lowest BCUT2D eigenvalue weighted by molar-refractivity contribution is 0.0690. The maximum Gasteiger partial charge on any atom is 0.354 e. The number of nitrogens with one attached hydrogen (secondary N) is 1. The normalized spacial score (nSPS) is 11.0. The van der Waals surface area contributed by atoms with Crippen molar-refractivity contribution in [1.29, 1.82) is 0 Å². The van der Waals surface area contributed by atoms with Gasteiger partial charge >= 0.3 is 5.97 Å². The van der Waals surface area contributed by atoms with E-state index in [1.54, 1.807) is 48.7 Å². The number of aromatic carboxylic acids is 1. The molecule has 4 rings (SSSR count). The van der Waals surface area contributed by atoms with Crippen molar-refractivity contribution in [3.8, 4) is 11.8 Å². The van der Waals surface area contributed by atoms with Crippen molar-refractivity contribution in [2.45, 2.75) is 18.7 Å². The first-order chi connectivity index (χ1) is 15.7. The fourth-order valence-electron chi connectivity index (χ4n) is 3.31. The minimum absolute atomic E-state index is 0.0791. The number of carbonyl (C=O) groups is 1. The molecule has 0 bridgehead atoms. The van der Waals surface area contributed by atoms with E-state index in [1.807, 2.05) is 19.9 Å². The molecule has 0 atom stereocenters. The first-order valence-corrected chi connectivity index (χ1v) is 11.4. The van der Waals surface area contributed by atoms with Crippen molar-refractivity contribution in [3.05, 3.63) is 95.1 Å². The third-order valence-corrected chi connectivity index (χ3v) is 6.27. The number of pyridine rings is 2. The highest BCUT2D eigenvalue weighted by atomic mass is 32.2. The Kier molecular flexibility index (Phi) is 5.82. The van der Waals surface area contributed by atoms with Crippen LogP contribution in [0.2, 0.25) is 0 Å². The van der Waals surface area contributed by atoms with Crippen LogP contribution in [0, 0.1) is 25.7 Å². The predicted molar refractivity (Wildman–Crippen MR) is 126 cm³/mol. The lowest BCUT2D eigenvalue weighted by Gasteiger charge is -2.13. The van der Waals surface area contributed by atoms with Gasteiger partial charge < -0.3 is 5.11 Å². The maximum atomic E-state index is 13.4. The summed E-state index contributed by atoms with van der Waals surface area (Å²) in [5, 5.41) is 10.3. The van der Waals surface area contributed by atoms with Crippen LogP contribution in [0.3, 0.4) is 0 Å². The topological polar surface area (TPSA) is 109 Å². The quantitative estimate of drug-likeness (QED) is 0.446. The van der Waals surface area contributed by atoms with Gasteiger partial charge in [-0.25, -0.2) is 18.2 Å². The number of benzene rings is 2. The Labute approximate surface area is 191 Å². The molecule has 2 aromatic carbocycles. The standard InChI is InChI=1S/C25H19N3O4S/c1-16-11-20-15-26-17(2)13-21(20)24(12-16)33(31,32)28-22-6-4-3-5-19(22)9-7-18-8-10-23(25(29)30)27-14-18/h3-6,8,10-15,28H,1-2H3,(H,29,30). The Morgan fingerprint density at radius 1 is 0.970 bits per heavy atom. The molecule has 8 heteroatoms. The molecular formula is C25H19N3O4S. The number of sulfonamides is 1. The molecule has 0 radical (unpaired) electrons. The van der Waals surface area contributed by atoms with Gasteiger partial charge in [0.1, 0.15) is 5.69 Å². The van der Waals surface area contributed by atoms with Crippen molar-refractivity contribution >= 4 is 32.5 Å². The van der Waals surface area contributed by atoms with Crippen LogP contribution < -0.4 is 4.72 Å². The number of aryl methyl sites for hydroxylation is 2. The number of para-hydroxylation sites is 1. The zero-order chi connectivity index (χ0) is 23.6. The van der Waals surface area contributed by atoms with Crippen molar-refractivity contribution in [2.75, 3.05) is 4.72 Å². The minimum Gasteiger partial charge on any atom is -0.477 e. The summed E-state index contributed by atoms with van der Waals surface area (Å²) >= 11 is 0.